The molecule has 8 heteroatoms. The van der Waals surface area contributed by atoms with E-state index in [4.69, 9.17) is 4.74 Å². The van der Waals surface area contributed by atoms with Crippen LogP contribution in [0.2, 0.25) is 0 Å². The van der Waals surface area contributed by atoms with Crippen molar-refractivity contribution >= 4 is 0 Å². The highest BCUT2D eigenvalue weighted by molar-refractivity contribution is 5.07. The van der Waals surface area contributed by atoms with Gasteiger partial charge in [0.15, 0.2) is 5.82 Å². The average molecular weight is 374 g/mol. The van der Waals surface area contributed by atoms with Crippen LogP contribution in [-0.2, 0) is 31.0 Å². The predicted octanol–water partition coefficient (Wildman–Crippen LogP) is 1.68. The fraction of sp³-hybridized carbons (Fsp3) is 0.684. The minimum atomic E-state index is 0.458. The highest BCUT2D eigenvalue weighted by Gasteiger charge is 2.26. The van der Waals surface area contributed by atoms with Crippen LogP contribution in [0.5, 0.6) is 0 Å². The van der Waals surface area contributed by atoms with Gasteiger partial charge in [0.1, 0.15) is 18.3 Å². The van der Waals surface area contributed by atoms with Gasteiger partial charge in [-0.3, -0.25) is 4.90 Å². The molecule has 27 heavy (non-hydrogen) atoms. The Morgan fingerprint density at radius 3 is 2.44 bits per heavy atom. The number of methoxy groups -OCH3 is 1. The Kier molecular flexibility index (Phi) is 6.87. The van der Waals surface area contributed by atoms with E-state index in [1.165, 1.54) is 0 Å². The Morgan fingerprint density at radius 2 is 1.85 bits per heavy atom. The first-order chi connectivity index (χ1) is 13.1. The molecule has 0 N–H and O–H groups in total. The van der Waals surface area contributed by atoms with E-state index in [0.29, 0.717) is 12.5 Å². The number of nitrogens with zero attached hydrogens (tertiary/aromatic N) is 7. The van der Waals surface area contributed by atoms with Crippen molar-refractivity contribution in [2.45, 2.75) is 51.9 Å². The van der Waals surface area contributed by atoms with Gasteiger partial charge in [-0.25, -0.2) is 9.97 Å². The number of likely N-dealkylation sites (tertiary alicyclic amines) is 1. The third-order valence-corrected chi connectivity index (χ3v) is 5.02. The van der Waals surface area contributed by atoms with Crippen molar-refractivity contribution in [3.8, 4) is 0 Å². The van der Waals surface area contributed by atoms with Crippen molar-refractivity contribution in [1.82, 2.24) is 34.5 Å². The second kappa shape index (κ2) is 9.34. The molecule has 0 amide bonds. The molecular formula is C19H31N7O. The van der Waals surface area contributed by atoms with Crippen LogP contribution in [0.15, 0.2) is 12.4 Å². The van der Waals surface area contributed by atoms with E-state index in [2.05, 4.69) is 55.6 Å². The lowest BCUT2D eigenvalue weighted by Gasteiger charge is -2.31. The number of aromatic nitrogens is 5. The molecule has 3 rings (SSSR count). The van der Waals surface area contributed by atoms with Gasteiger partial charge >= 0.3 is 0 Å². The summed E-state index contributed by atoms with van der Waals surface area (Å²) in [6.45, 7) is 7.41. The molecule has 8 nitrogen and oxygen atoms in total. The molecule has 2 aromatic rings. The van der Waals surface area contributed by atoms with Crippen molar-refractivity contribution in [2.75, 3.05) is 34.3 Å². The smallest absolute Gasteiger partial charge is 0.153 e. The third-order valence-electron chi connectivity index (χ3n) is 5.02. The van der Waals surface area contributed by atoms with Crippen LogP contribution < -0.4 is 0 Å². The first-order valence-electron chi connectivity index (χ1n) is 9.68. The number of hydrogen-bond donors (Lipinski definition) is 0. The molecule has 1 aliphatic rings. The molecular weight excluding hydrogens is 342 g/mol. The maximum absolute atomic E-state index is 5.06. The molecule has 3 heterocycles. The molecule has 1 aliphatic heterocycles. The minimum absolute atomic E-state index is 0.458. The summed E-state index contributed by atoms with van der Waals surface area (Å²) in [5.41, 5.74) is 1.15. The Balaban J connectivity index is 1.56. The summed E-state index contributed by atoms with van der Waals surface area (Å²) in [5.74, 6) is 3.44. The largest absolute Gasteiger partial charge is 0.377 e. The Hall–Kier alpha value is -1.90. The number of rotatable bonds is 8. The highest BCUT2D eigenvalue weighted by Crippen LogP contribution is 2.28. The summed E-state index contributed by atoms with van der Waals surface area (Å²) < 4.78 is 7.36. The monoisotopic (exact) mass is 373 g/mol. The zero-order valence-corrected chi connectivity index (χ0v) is 16.9. The minimum Gasteiger partial charge on any atom is -0.377 e. The lowest BCUT2D eigenvalue weighted by molar-refractivity contribution is 0.177. The zero-order valence-electron chi connectivity index (χ0n) is 16.9. The standard InChI is InChI=1S/C19H31N7O/c1-5-26-18(13-24(2)3)22-23-19(26)16-6-8-25(9-7-16)12-15-10-20-17(14-27-4)21-11-15/h10-11,16H,5-9,12-14H2,1-4H3. The molecule has 0 saturated carbocycles. The molecule has 148 valence electrons. The quantitative estimate of drug-likeness (QED) is 0.697. The topological polar surface area (TPSA) is 72.2 Å². The Labute approximate surface area is 161 Å². The summed E-state index contributed by atoms with van der Waals surface area (Å²) in [6.07, 6.45) is 6.05. The summed E-state index contributed by atoms with van der Waals surface area (Å²) in [6, 6.07) is 0. The van der Waals surface area contributed by atoms with Crippen LogP contribution in [0, 0.1) is 0 Å². The van der Waals surface area contributed by atoms with E-state index in [0.717, 1.165) is 68.6 Å². The summed E-state index contributed by atoms with van der Waals surface area (Å²) in [5, 5.41) is 8.98. The second-order valence-corrected chi connectivity index (χ2v) is 7.45. The lowest BCUT2D eigenvalue weighted by Crippen LogP contribution is -2.33. The van der Waals surface area contributed by atoms with Gasteiger partial charge in [0.2, 0.25) is 0 Å². The van der Waals surface area contributed by atoms with Gasteiger partial charge in [-0.05, 0) is 47.0 Å². The maximum Gasteiger partial charge on any atom is 0.153 e. The SMILES string of the molecule is CCn1c(CN(C)C)nnc1C1CCN(Cc2cnc(COC)nc2)CC1. The molecule has 0 radical (unpaired) electrons. The van der Waals surface area contributed by atoms with Gasteiger partial charge in [0.25, 0.3) is 0 Å². The van der Waals surface area contributed by atoms with Crippen molar-refractivity contribution in [2.24, 2.45) is 0 Å². The van der Waals surface area contributed by atoms with Crippen molar-refractivity contribution < 1.29 is 4.74 Å². The molecule has 0 unspecified atom stereocenters. The van der Waals surface area contributed by atoms with Gasteiger partial charge in [0.05, 0.1) is 6.54 Å². The van der Waals surface area contributed by atoms with Crippen molar-refractivity contribution in [3.63, 3.8) is 0 Å². The van der Waals surface area contributed by atoms with Gasteiger partial charge in [0, 0.05) is 44.1 Å². The number of ether oxygens (including phenoxy) is 1. The van der Waals surface area contributed by atoms with Crippen LogP contribution in [0.3, 0.4) is 0 Å². The number of hydrogen-bond acceptors (Lipinski definition) is 7. The van der Waals surface area contributed by atoms with Crippen molar-refractivity contribution in [1.29, 1.82) is 0 Å². The molecule has 0 aromatic carbocycles. The van der Waals surface area contributed by atoms with Crippen molar-refractivity contribution in [3.05, 3.63) is 35.4 Å². The van der Waals surface area contributed by atoms with Gasteiger partial charge in [-0.2, -0.15) is 0 Å². The van der Waals surface area contributed by atoms with Gasteiger partial charge < -0.3 is 14.2 Å². The van der Waals surface area contributed by atoms with Crippen LogP contribution in [0.1, 0.15) is 48.7 Å². The van der Waals surface area contributed by atoms with Crippen LogP contribution in [0.4, 0.5) is 0 Å². The third kappa shape index (κ3) is 5.09. The van der Waals surface area contributed by atoms with Gasteiger partial charge in [-0.1, -0.05) is 0 Å². The van der Waals surface area contributed by atoms with Crippen LogP contribution in [-0.4, -0.2) is 68.8 Å². The first-order valence-corrected chi connectivity index (χ1v) is 9.68. The van der Waals surface area contributed by atoms with Crippen LogP contribution in [0.25, 0.3) is 0 Å². The zero-order chi connectivity index (χ0) is 19.2. The van der Waals surface area contributed by atoms with E-state index in [1.807, 2.05) is 12.4 Å². The summed E-state index contributed by atoms with van der Waals surface area (Å²) in [4.78, 5) is 13.3. The highest BCUT2D eigenvalue weighted by atomic mass is 16.5. The van der Waals surface area contributed by atoms with Crippen LogP contribution >= 0.6 is 0 Å². The summed E-state index contributed by atoms with van der Waals surface area (Å²) in [7, 11) is 5.79. The molecule has 0 aliphatic carbocycles. The fourth-order valence-corrected chi connectivity index (χ4v) is 3.67. The molecule has 0 atom stereocenters. The molecule has 1 fully saturated rings. The summed E-state index contributed by atoms with van der Waals surface area (Å²) >= 11 is 0. The Bertz CT molecular complexity index is 705. The average Bonchev–Trinajstić information content (AvgIpc) is 3.06. The predicted molar refractivity (Wildman–Crippen MR) is 103 cm³/mol. The second-order valence-electron chi connectivity index (χ2n) is 7.45. The van der Waals surface area contributed by atoms with Gasteiger partial charge in [-0.15, -0.1) is 10.2 Å². The molecule has 0 bridgehead atoms. The van der Waals surface area contributed by atoms with E-state index in [1.54, 1.807) is 7.11 Å². The first kappa shape index (κ1) is 19.9. The Morgan fingerprint density at radius 1 is 1.15 bits per heavy atom. The van der Waals surface area contributed by atoms with E-state index >= 15 is 0 Å². The number of piperidine rings is 1. The normalized spacial score (nSPS) is 16.3. The van der Waals surface area contributed by atoms with E-state index in [-0.39, 0.29) is 0 Å². The molecule has 0 spiro atoms. The molecule has 2 aromatic heterocycles. The maximum atomic E-state index is 5.06. The molecule has 1 saturated heterocycles. The lowest BCUT2D eigenvalue weighted by atomic mass is 9.95. The van der Waals surface area contributed by atoms with E-state index in [9.17, 15) is 0 Å². The van der Waals surface area contributed by atoms with E-state index < -0.39 is 0 Å². The fourth-order valence-electron chi connectivity index (χ4n) is 3.67.